The molecule has 7 nitrogen and oxygen atoms in total. The van der Waals surface area contributed by atoms with Gasteiger partial charge in [0.15, 0.2) is 0 Å². The fourth-order valence-electron chi connectivity index (χ4n) is 2.05. The van der Waals surface area contributed by atoms with E-state index in [1.54, 1.807) is 18.5 Å². The van der Waals surface area contributed by atoms with Gasteiger partial charge in [0.05, 0.1) is 4.92 Å². The van der Waals surface area contributed by atoms with E-state index >= 15 is 0 Å². The average Bonchev–Trinajstić information content (AvgIpc) is 2.84. The molecule has 7 heteroatoms. The summed E-state index contributed by atoms with van der Waals surface area (Å²) in [4.78, 5) is 20.6. The van der Waals surface area contributed by atoms with Gasteiger partial charge in [-0.25, -0.2) is 9.97 Å². The maximum absolute atomic E-state index is 11.0. The first-order valence-electron chi connectivity index (χ1n) is 6.38. The van der Waals surface area contributed by atoms with Gasteiger partial charge in [0, 0.05) is 44.8 Å². The topological polar surface area (TPSA) is 77.1 Å². The third kappa shape index (κ3) is 3.11. The molecule has 0 fully saturated rings. The van der Waals surface area contributed by atoms with Crippen molar-refractivity contribution in [3.63, 3.8) is 0 Å². The lowest BCUT2D eigenvalue weighted by atomic mass is 10.3. The van der Waals surface area contributed by atoms with E-state index in [1.165, 1.54) is 6.07 Å². The van der Waals surface area contributed by atoms with Crippen LogP contribution < -0.4 is 4.90 Å². The standard InChI is InChI=1S/C13H17N5O2/c1-11-14-7-10-17(11)9-4-8-16(2)13-12(18(19)20)5-3-6-15-13/h3,5-7,10H,4,8-9H2,1-2H3. The number of imidazole rings is 1. The number of aryl methyl sites for hydroxylation is 2. The van der Waals surface area contributed by atoms with Crippen molar-refractivity contribution in [1.82, 2.24) is 14.5 Å². The molecule has 0 aliphatic carbocycles. The number of rotatable bonds is 6. The van der Waals surface area contributed by atoms with Crippen molar-refractivity contribution in [3.8, 4) is 0 Å². The number of anilines is 1. The van der Waals surface area contributed by atoms with E-state index in [1.807, 2.05) is 25.1 Å². The van der Waals surface area contributed by atoms with Crippen LogP contribution in [0.2, 0.25) is 0 Å². The Balaban J connectivity index is 1.97. The van der Waals surface area contributed by atoms with Gasteiger partial charge in [0.1, 0.15) is 5.82 Å². The fraction of sp³-hybridized carbons (Fsp3) is 0.385. The van der Waals surface area contributed by atoms with Crippen LogP contribution in [-0.2, 0) is 6.54 Å². The molecule has 20 heavy (non-hydrogen) atoms. The lowest BCUT2D eigenvalue weighted by Crippen LogP contribution is -2.22. The van der Waals surface area contributed by atoms with Crippen LogP contribution in [0.3, 0.4) is 0 Å². The van der Waals surface area contributed by atoms with Crippen LogP contribution in [0, 0.1) is 17.0 Å². The van der Waals surface area contributed by atoms with Crippen LogP contribution in [0.5, 0.6) is 0 Å². The Morgan fingerprint density at radius 2 is 2.20 bits per heavy atom. The molecule has 0 aliphatic rings. The number of pyridine rings is 1. The highest BCUT2D eigenvalue weighted by molar-refractivity contribution is 5.56. The maximum Gasteiger partial charge on any atom is 0.311 e. The number of nitro groups is 1. The fourth-order valence-corrected chi connectivity index (χ4v) is 2.05. The normalized spacial score (nSPS) is 10.5. The van der Waals surface area contributed by atoms with Crippen LogP contribution >= 0.6 is 0 Å². The third-order valence-corrected chi connectivity index (χ3v) is 3.14. The molecule has 0 bridgehead atoms. The van der Waals surface area contributed by atoms with E-state index in [9.17, 15) is 10.1 Å². The second-order valence-electron chi connectivity index (χ2n) is 4.55. The Labute approximate surface area is 117 Å². The molecule has 0 atom stereocenters. The van der Waals surface area contributed by atoms with Crippen molar-refractivity contribution in [2.75, 3.05) is 18.5 Å². The molecule has 0 spiro atoms. The summed E-state index contributed by atoms with van der Waals surface area (Å²) in [7, 11) is 1.82. The molecule has 0 aromatic carbocycles. The minimum absolute atomic E-state index is 0.0359. The van der Waals surface area contributed by atoms with Gasteiger partial charge in [0.2, 0.25) is 5.82 Å². The number of hydrogen-bond acceptors (Lipinski definition) is 5. The van der Waals surface area contributed by atoms with Crippen LogP contribution in [0.25, 0.3) is 0 Å². The lowest BCUT2D eigenvalue weighted by Gasteiger charge is -2.18. The average molecular weight is 275 g/mol. The van der Waals surface area contributed by atoms with Crippen molar-refractivity contribution in [2.45, 2.75) is 19.9 Å². The Kier molecular flexibility index (Phi) is 4.29. The molecule has 2 heterocycles. The van der Waals surface area contributed by atoms with Crippen molar-refractivity contribution >= 4 is 11.5 Å². The highest BCUT2D eigenvalue weighted by Crippen LogP contribution is 2.23. The molecule has 106 valence electrons. The largest absolute Gasteiger partial charge is 0.354 e. The highest BCUT2D eigenvalue weighted by atomic mass is 16.6. The second kappa shape index (κ2) is 6.14. The minimum atomic E-state index is -0.404. The Morgan fingerprint density at radius 3 is 2.85 bits per heavy atom. The summed E-state index contributed by atoms with van der Waals surface area (Å²) < 4.78 is 2.06. The van der Waals surface area contributed by atoms with Crippen LogP contribution in [0.4, 0.5) is 11.5 Å². The number of nitrogens with zero attached hydrogens (tertiary/aromatic N) is 5. The van der Waals surface area contributed by atoms with E-state index in [0.29, 0.717) is 12.4 Å². The molecule has 0 amide bonds. The zero-order valence-corrected chi connectivity index (χ0v) is 11.6. The molecular weight excluding hydrogens is 258 g/mol. The second-order valence-corrected chi connectivity index (χ2v) is 4.55. The van der Waals surface area contributed by atoms with E-state index in [0.717, 1.165) is 18.8 Å². The van der Waals surface area contributed by atoms with Gasteiger partial charge in [0.25, 0.3) is 0 Å². The summed E-state index contributed by atoms with van der Waals surface area (Å²) in [5, 5.41) is 11.0. The summed E-state index contributed by atoms with van der Waals surface area (Å²) in [6, 6.07) is 3.04. The summed E-state index contributed by atoms with van der Waals surface area (Å²) in [5.41, 5.74) is 0.0359. The predicted molar refractivity (Wildman–Crippen MR) is 75.7 cm³/mol. The zero-order chi connectivity index (χ0) is 14.5. The quantitative estimate of drug-likeness (QED) is 0.595. The maximum atomic E-state index is 11.0. The zero-order valence-electron chi connectivity index (χ0n) is 11.6. The summed E-state index contributed by atoms with van der Waals surface area (Å²) in [6.45, 7) is 3.47. The molecule has 0 unspecified atom stereocenters. The predicted octanol–water partition coefficient (Wildman–Crippen LogP) is 2.02. The molecule has 2 aromatic heterocycles. The SMILES string of the molecule is Cc1nccn1CCCN(C)c1ncccc1[N+](=O)[O-]. The van der Waals surface area contributed by atoms with E-state index in [-0.39, 0.29) is 5.69 Å². The van der Waals surface area contributed by atoms with Gasteiger partial charge >= 0.3 is 5.69 Å². The molecule has 0 saturated carbocycles. The Bertz CT molecular complexity index is 596. The Hall–Kier alpha value is -2.44. The van der Waals surface area contributed by atoms with Crippen molar-refractivity contribution in [2.24, 2.45) is 0 Å². The van der Waals surface area contributed by atoms with Crippen molar-refractivity contribution < 1.29 is 4.92 Å². The highest BCUT2D eigenvalue weighted by Gasteiger charge is 2.17. The summed E-state index contributed by atoms with van der Waals surface area (Å²) >= 11 is 0. The van der Waals surface area contributed by atoms with Crippen molar-refractivity contribution in [1.29, 1.82) is 0 Å². The first-order chi connectivity index (χ1) is 9.59. The first kappa shape index (κ1) is 14.0. The van der Waals surface area contributed by atoms with Gasteiger partial charge in [-0.1, -0.05) is 0 Å². The van der Waals surface area contributed by atoms with Gasteiger partial charge in [-0.15, -0.1) is 0 Å². The molecule has 0 N–H and O–H groups in total. The smallest absolute Gasteiger partial charge is 0.311 e. The number of hydrogen-bond donors (Lipinski definition) is 0. The van der Waals surface area contributed by atoms with Crippen LogP contribution in [-0.4, -0.2) is 33.1 Å². The van der Waals surface area contributed by atoms with Crippen LogP contribution in [0.15, 0.2) is 30.7 Å². The number of aromatic nitrogens is 3. The third-order valence-electron chi connectivity index (χ3n) is 3.14. The molecule has 0 saturated heterocycles. The van der Waals surface area contributed by atoms with Crippen LogP contribution in [0.1, 0.15) is 12.2 Å². The molecule has 2 aromatic rings. The van der Waals surface area contributed by atoms with Gasteiger partial charge in [-0.2, -0.15) is 0 Å². The van der Waals surface area contributed by atoms with E-state index in [4.69, 9.17) is 0 Å². The molecule has 2 rings (SSSR count). The summed E-state index contributed by atoms with van der Waals surface area (Å²) in [6.07, 6.45) is 6.13. The molecule has 0 radical (unpaired) electrons. The minimum Gasteiger partial charge on any atom is -0.354 e. The molecule has 0 aliphatic heterocycles. The Morgan fingerprint density at radius 1 is 1.40 bits per heavy atom. The monoisotopic (exact) mass is 275 g/mol. The van der Waals surface area contributed by atoms with Gasteiger partial charge in [-0.05, 0) is 19.4 Å². The summed E-state index contributed by atoms with van der Waals surface area (Å²) in [5.74, 6) is 1.37. The molecular formula is C13H17N5O2. The van der Waals surface area contributed by atoms with E-state index in [2.05, 4.69) is 14.5 Å². The van der Waals surface area contributed by atoms with Gasteiger partial charge in [-0.3, -0.25) is 10.1 Å². The van der Waals surface area contributed by atoms with E-state index < -0.39 is 4.92 Å². The van der Waals surface area contributed by atoms with Gasteiger partial charge < -0.3 is 9.47 Å². The lowest BCUT2D eigenvalue weighted by molar-refractivity contribution is -0.384. The first-order valence-corrected chi connectivity index (χ1v) is 6.38. The van der Waals surface area contributed by atoms with Crippen molar-refractivity contribution in [3.05, 3.63) is 46.7 Å².